The first-order valence-corrected chi connectivity index (χ1v) is 19.0. The van der Waals surface area contributed by atoms with Crippen LogP contribution in [0, 0.1) is 0 Å². The smallest absolute Gasteiger partial charge is 0.235 e. The van der Waals surface area contributed by atoms with E-state index in [0.29, 0.717) is 5.95 Å². The van der Waals surface area contributed by atoms with E-state index in [9.17, 15) is 0 Å². The van der Waals surface area contributed by atoms with Crippen LogP contribution in [-0.2, 0) is 5.41 Å². The summed E-state index contributed by atoms with van der Waals surface area (Å²) < 4.78 is 4.72. The van der Waals surface area contributed by atoms with Crippen LogP contribution in [0.4, 0.5) is 0 Å². The normalized spacial score (nSPS) is 13.4. The lowest BCUT2D eigenvalue weighted by Crippen LogP contribution is -2.15. The van der Waals surface area contributed by atoms with Gasteiger partial charge in [0.25, 0.3) is 0 Å². The van der Waals surface area contributed by atoms with Gasteiger partial charge in [-0.25, -0.2) is 9.97 Å². The van der Waals surface area contributed by atoms with Crippen molar-refractivity contribution in [1.82, 2.24) is 19.1 Å². The summed E-state index contributed by atoms with van der Waals surface area (Å²) in [4.78, 5) is 10.9. The molecule has 11 aromatic rings. The number of benzene rings is 8. The number of hydrogen-bond acceptors (Lipinski definition) is 2. The van der Waals surface area contributed by atoms with Crippen molar-refractivity contribution in [3.63, 3.8) is 0 Å². The number of aromatic nitrogens is 4. The molecular weight excluding hydrogens is 669 g/mol. The zero-order valence-electron chi connectivity index (χ0n) is 30.5. The van der Waals surface area contributed by atoms with E-state index in [4.69, 9.17) is 9.97 Å². The maximum atomic E-state index is 5.53. The van der Waals surface area contributed by atoms with Crippen LogP contribution in [0.2, 0.25) is 0 Å². The second kappa shape index (κ2) is 11.0. The first-order chi connectivity index (χ1) is 27.0. The minimum absolute atomic E-state index is 0.198. The minimum atomic E-state index is -0.198. The molecule has 3 aromatic heterocycles. The molecule has 0 fully saturated rings. The highest BCUT2D eigenvalue weighted by atomic mass is 15.2. The maximum absolute atomic E-state index is 5.53. The van der Waals surface area contributed by atoms with E-state index >= 15 is 0 Å². The van der Waals surface area contributed by atoms with E-state index in [1.54, 1.807) is 0 Å². The van der Waals surface area contributed by atoms with Crippen molar-refractivity contribution in [1.29, 1.82) is 0 Å². The van der Waals surface area contributed by atoms with E-state index < -0.39 is 0 Å². The summed E-state index contributed by atoms with van der Waals surface area (Å²) in [5, 5.41) is 8.37. The molecule has 12 rings (SSSR count). The Morgan fingerprint density at radius 1 is 0.455 bits per heavy atom. The van der Waals surface area contributed by atoms with Crippen LogP contribution in [0.15, 0.2) is 170 Å². The molecule has 0 saturated heterocycles. The Hall–Kier alpha value is -7.04. The summed E-state index contributed by atoms with van der Waals surface area (Å²) in [7, 11) is 0. The third-order valence-electron chi connectivity index (χ3n) is 12.1. The highest BCUT2D eigenvalue weighted by Gasteiger charge is 2.38. The Balaban J connectivity index is 1.21. The minimum Gasteiger partial charge on any atom is -0.309 e. The fourth-order valence-corrected chi connectivity index (χ4v) is 9.64. The number of para-hydroxylation sites is 3. The van der Waals surface area contributed by atoms with Crippen molar-refractivity contribution in [3.05, 3.63) is 181 Å². The van der Waals surface area contributed by atoms with Gasteiger partial charge in [0, 0.05) is 43.6 Å². The van der Waals surface area contributed by atoms with Gasteiger partial charge in [-0.2, -0.15) is 0 Å². The molecule has 0 bridgehead atoms. The second-order valence-corrected chi connectivity index (χ2v) is 15.4. The van der Waals surface area contributed by atoms with Crippen molar-refractivity contribution in [2.45, 2.75) is 19.3 Å². The van der Waals surface area contributed by atoms with E-state index in [1.807, 2.05) is 0 Å². The lowest BCUT2D eigenvalue weighted by molar-refractivity contribution is 0.666. The van der Waals surface area contributed by atoms with Gasteiger partial charge < -0.3 is 4.57 Å². The van der Waals surface area contributed by atoms with E-state index in [-0.39, 0.29) is 5.41 Å². The molecule has 4 nitrogen and oxygen atoms in total. The average Bonchev–Trinajstić information content (AvgIpc) is 3.83. The van der Waals surface area contributed by atoms with Gasteiger partial charge in [-0.3, -0.25) is 4.57 Å². The number of rotatable bonds is 3. The molecule has 0 saturated carbocycles. The third-order valence-corrected chi connectivity index (χ3v) is 12.1. The third kappa shape index (κ3) is 4.17. The molecule has 0 aliphatic heterocycles. The summed E-state index contributed by atoms with van der Waals surface area (Å²) in [5.41, 5.74) is 13.7. The molecule has 3 heterocycles. The second-order valence-electron chi connectivity index (χ2n) is 15.4. The van der Waals surface area contributed by atoms with E-state index in [2.05, 4.69) is 193 Å². The SMILES string of the molecule is CC1(C)c2ccccc2-c2ccc3c(c21)c1ccc(-n2c4ccccc4c4ccccc42)cc1n3-c1nc(-c2ccc3ccccc3c2)c2ccccc2n1. The molecule has 0 amide bonds. The number of hydrogen-bond donors (Lipinski definition) is 0. The van der Waals surface area contributed by atoms with Crippen LogP contribution < -0.4 is 0 Å². The Labute approximate surface area is 317 Å². The van der Waals surface area contributed by atoms with E-state index in [1.165, 1.54) is 65.6 Å². The van der Waals surface area contributed by atoms with Crippen LogP contribution in [0.5, 0.6) is 0 Å². The van der Waals surface area contributed by atoms with Gasteiger partial charge in [-0.1, -0.05) is 141 Å². The van der Waals surface area contributed by atoms with E-state index in [0.717, 1.165) is 38.9 Å². The molecule has 0 N–H and O–H groups in total. The summed E-state index contributed by atoms with van der Waals surface area (Å²) >= 11 is 0. The highest BCUT2D eigenvalue weighted by Crippen LogP contribution is 2.53. The van der Waals surface area contributed by atoms with Gasteiger partial charge >= 0.3 is 0 Å². The molecule has 0 radical (unpaired) electrons. The standard InChI is InChI=1S/C51H34N4/c1-51(2)41-19-9-5-15-35(41)38-27-28-45-47(48(38)51)40-26-25-34(54-43-21-11-7-16-36(43)37-17-8-12-22-44(37)54)30-46(40)55(45)50-52-42-20-10-6-18-39(42)49(53-50)33-24-23-31-13-3-4-14-32(31)29-33/h3-30H,1-2H3. The molecule has 258 valence electrons. The van der Waals surface area contributed by atoms with Crippen LogP contribution in [-0.4, -0.2) is 19.1 Å². The number of fused-ring (bicyclic) bond motifs is 12. The fourth-order valence-electron chi connectivity index (χ4n) is 9.64. The molecule has 4 heteroatoms. The van der Waals surface area contributed by atoms with Crippen molar-refractivity contribution >= 4 is 65.3 Å². The zero-order chi connectivity index (χ0) is 36.4. The Kier molecular flexibility index (Phi) is 6.09. The molecule has 1 aliphatic rings. The zero-order valence-corrected chi connectivity index (χ0v) is 30.5. The van der Waals surface area contributed by atoms with Crippen LogP contribution in [0.3, 0.4) is 0 Å². The summed E-state index contributed by atoms with van der Waals surface area (Å²) in [6, 6.07) is 61.5. The topological polar surface area (TPSA) is 35.6 Å². The van der Waals surface area contributed by atoms with Gasteiger partial charge in [0.15, 0.2) is 0 Å². The van der Waals surface area contributed by atoms with Gasteiger partial charge in [0.05, 0.1) is 33.3 Å². The Bertz CT molecular complexity index is 3360. The van der Waals surface area contributed by atoms with Gasteiger partial charge in [0.2, 0.25) is 5.95 Å². The Morgan fingerprint density at radius 3 is 1.96 bits per heavy atom. The summed E-state index contributed by atoms with van der Waals surface area (Å²) in [6.45, 7) is 4.74. The lowest BCUT2D eigenvalue weighted by Gasteiger charge is -2.22. The van der Waals surface area contributed by atoms with Crippen LogP contribution in [0.1, 0.15) is 25.0 Å². The first kappa shape index (κ1) is 30.4. The molecule has 0 spiro atoms. The monoisotopic (exact) mass is 702 g/mol. The van der Waals surface area contributed by atoms with Gasteiger partial charge in [0.1, 0.15) is 0 Å². The summed E-state index contributed by atoms with van der Waals surface area (Å²) in [6.07, 6.45) is 0. The molecule has 8 aromatic carbocycles. The number of nitrogens with zero attached hydrogens (tertiary/aromatic N) is 4. The predicted molar refractivity (Wildman–Crippen MR) is 229 cm³/mol. The van der Waals surface area contributed by atoms with Gasteiger partial charge in [-0.05, 0) is 75.5 Å². The molecule has 0 atom stereocenters. The quantitative estimate of drug-likeness (QED) is 0.184. The fraction of sp³-hybridized carbons (Fsp3) is 0.0588. The lowest BCUT2D eigenvalue weighted by atomic mass is 9.80. The largest absolute Gasteiger partial charge is 0.309 e. The van der Waals surface area contributed by atoms with Crippen molar-refractivity contribution in [2.24, 2.45) is 0 Å². The predicted octanol–water partition coefficient (Wildman–Crippen LogP) is 13.0. The van der Waals surface area contributed by atoms with Gasteiger partial charge in [-0.15, -0.1) is 0 Å². The summed E-state index contributed by atoms with van der Waals surface area (Å²) in [5.74, 6) is 0.662. The average molecular weight is 703 g/mol. The molecular formula is C51H34N4. The molecule has 0 unspecified atom stereocenters. The van der Waals surface area contributed by atoms with Crippen molar-refractivity contribution < 1.29 is 0 Å². The Morgan fingerprint density at radius 2 is 1.15 bits per heavy atom. The van der Waals surface area contributed by atoms with Crippen LogP contribution >= 0.6 is 0 Å². The van der Waals surface area contributed by atoms with Crippen molar-refractivity contribution in [2.75, 3.05) is 0 Å². The molecule has 55 heavy (non-hydrogen) atoms. The maximum Gasteiger partial charge on any atom is 0.235 e. The molecule has 1 aliphatic carbocycles. The highest BCUT2D eigenvalue weighted by molar-refractivity contribution is 6.15. The first-order valence-electron chi connectivity index (χ1n) is 19.0. The van der Waals surface area contributed by atoms with Crippen LogP contribution in [0.25, 0.3) is 99.3 Å². The van der Waals surface area contributed by atoms with Crippen molar-refractivity contribution in [3.8, 4) is 34.0 Å².